The topological polar surface area (TPSA) is 105 Å². The van der Waals surface area contributed by atoms with Crippen molar-refractivity contribution in [3.8, 4) is 5.69 Å². The van der Waals surface area contributed by atoms with Crippen molar-refractivity contribution in [2.45, 2.75) is 13.5 Å². The minimum absolute atomic E-state index is 0.0807. The SMILES string of the molecule is Cc1ccccc1-n1c(Cn2cnc3c(N)ncnc32)nc2ccsc2c1=O. The Labute approximate surface area is 163 Å². The van der Waals surface area contributed by atoms with Gasteiger partial charge in [0.2, 0.25) is 0 Å². The molecule has 0 atom stereocenters. The van der Waals surface area contributed by atoms with Crippen molar-refractivity contribution in [2.24, 2.45) is 0 Å². The molecule has 0 fully saturated rings. The minimum atomic E-state index is -0.0807. The van der Waals surface area contributed by atoms with Crippen LogP contribution in [0.3, 0.4) is 0 Å². The summed E-state index contributed by atoms with van der Waals surface area (Å²) in [5.41, 5.74) is 9.43. The molecule has 2 N–H and O–H groups in total. The van der Waals surface area contributed by atoms with E-state index < -0.39 is 0 Å². The van der Waals surface area contributed by atoms with Crippen LogP contribution in [0.15, 0.2) is 53.2 Å². The Hall–Kier alpha value is -3.59. The van der Waals surface area contributed by atoms with Gasteiger partial charge in [-0.3, -0.25) is 9.36 Å². The summed E-state index contributed by atoms with van der Waals surface area (Å²) < 4.78 is 4.13. The third kappa shape index (κ3) is 2.48. The van der Waals surface area contributed by atoms with E-state index in [1.807, 2.05) is 47.2 Å². The predicted octanol–water partition coefficient (Wildman–Crippen LogP) is 2.53. The highest BCUT2D eigenvalue weighted by Crippen LogP contribution is 2.21. The van der Waals surface area contributed by atoms with E-state index >= 15 is 0 Å². The number of nitrogens with zero attached hydrogens (tertiary/aromatic N) is 6. The molecule has 0 amide bonds. The van der Waals surface area contributed by atoms with Crippen molar-refractivity contribution in [1.29, 1.82) is 0 Å². The van der Waals surface area contributed by atoms with Gasteiger partial charge in [0.25, 0.3) is 5.56 Å². The summed E-state index contributed by atoms with van der Waals surface area (Å²) in [4.78, 5) is 30.6. The van der Waals surface area contributed by atoms with Gasteiger partial charge in [-0.25, -0.2) is 19.9 Å². The average Bonchev–Trinajstić information content (AvgIpc) is 3.32. The molecule has 1 aromatic carbocycles. The highest BCUT2D eigenvalue weighted by molar-refractivity contribution is 7.17. The van der Waals surface area contributed by atoms with Gasteiger partial charge < -0.3 is 10.3 Å². The summed E-state index contributed by atoms with van der Waals surface area (Å²) in [5, 5.41) is 1.88. The van der Waals surface area contributed by atoms with Gasteiger partial charge in [0, 0.05) is 0 Å². The third-order valence-electron chi connectivity index (χ3n) is 4.65. The van der Waals surface area contributed by atoms with Crippen LogP contribution in [0.5, 0.6) is 0 Å². The number of aromatic nitrogens is 6. The average molecular weight is 389 g/mol. The maximum atomic E-state index is 13.3. The summed E-state index contributed by atoms with van der Waals surface area (Å²) >= 11 is 1.40. The molecule has 0 unspecified atom stereocenters. The fourth-order valence-corrected chi connectivity index (χ4v) is 4.05. The van der Waals surface area contributed by atoms with Gasteiger partial charge >= 0.3 is 0 Å². The van der Waals surface area contributed by atoms with Gasteiger partial charge in [0.1, 0.15) is 22.4 Å². The molecule has 0 aliphatic carbocycles. The summed E-state index contributed by atoms with van der Waals surface area (Å²) in [6, 6.07) is 9.62. The predicted molar refractivity (Wildman–Crippen MR) is 109 cm³/mol. The highest BCUT2D eigenvalue weighted by Gasteiger charge is 2.17. The number of anilines is 1. The number of para-hydroxylation sites is 1. The zero-order valence-electron chi connectivity index (χ0n) is 14.9. The monoisotopic (exact) mass is 389 g/mol. The van der Waals surface area contributed by atoms with Crippen LogP contribution < -0.4 is 11.3 Å². The van der Waals surface area contributed by atoms with Crippen molar-refractivity contribution in [3.05, 3.63) is 70.1 Å². The normalized spacial score (nSPS) is 11.5. The van der Waals surface area contributed by atoms with Crippen LogP contribution in [0, 0.1) is 6.92 Å². The van der Waals surface area contributed by atoms with Crippen LogP contribution in [0.2, 0.25) is 0 Å². The summed E-state index contributed by atoms with van der Waals surface area (Å²) in [6.07, 6.45) is 3.04. The van der Waals surface area contributed by atoms with E-state index in [0.29, 0.717) is 39.6 Å². The number of aryl methyl sites for hydroxylation is 1. The molecule has 5 rings (SSSR count). The van der Waals surface area contributed by atoms with E-state index in [9.17, 15) is 4.79 Å². The van der Waals surface area contributed by atoms with Crippen LogP contribution in [-0.4, -0.2) is 29.1 Å². The molecule has 0 aliphatic rings. The molecule has 138 valence electrons. The molecule has 4 aromatic heterocycles. The summed E-state index contributed by atoms with van der Waals surface area (Å²) in [6.45, 7) is 2.30. The fourth-order valence-electron chi connectivity index (χ4n) is 3.29. The summed E-state index contributed by atoms with van der Waals surface area (Å²) in [7, 11) is 0. The molecule has 4 heterocycles. The van der Waals surface area contributed by atoms with Gasteiger partial charge in [-0.1, -0.05) is 18.2 Å². The highest BCUT2D eigenvalue weighted by atomic mass is 32.1. The van der Waals surface area contributed by atoms with Gasteiger partial charge in [-0.2, -0.15) is 0 Å². The van der Waals surface area contributed by atoms with Crippen molar-refractivity contribution < 1.29 is 0 Å². The number of fused-ring (bicyclic) bond motifs is 2. The Morgan fingerprint density at radius 2 is 2.00 bits per heavy atom. The first kappa shape index (κ1) is 16.6. The lowest BCUT2D eigenvalue weighted by molar-refractivity contribution is 0.717. The van der Waals surface area contributed by atoms with E-state index in [-0.39, 0.29) is 5.56 Å². The smallest absolute Gasteiger partial charge is 0.276 e. The number of imidazole rings is 1. The molecule has 8 nitrogen and oxygen atoms in total. The van der Waals surface area contributed by atoms with E-state index in [1.165, 1.54) is 17.7 Å². The van der Waals surface area contributed by atoms with Crippen molar-refractivity contribution in [1.82, 2.24) is 29.1 Å². The first-order valence-corrected chi connectivity index (χ1v) is 9.48. The second-order valence-corrected chi connectivity index (χ2v) is 7.31. The molecule has 5 aromatic rings. The third-order valence-corrected chi connectivity index (χ3v) is 5.54. The van der Waals surface area contributed by atoms with Crippen LogP contribution in [0.4, 0.5) is 5.82 Å². The number of rotatable bonds is 3. The Kier molecular flexibility index (Phi) is 3.69. The zero-order chi connectivity index (χ0) is 19.3. The molecule has 0 spiro atoms. The number of hydrogen-bond acceptors (Lipinski definition) is 7. The van der Waals surface area contributed by atoms with Crippen LogP contribution >= 0.6 is 11.3 Å². The number of benzene rings is 1. The van der Waals surface area contributed by atoms with E-state index in [0.717, 1.165) is 11.3 Å². The Balaban J connectivity index is 1.76. The van der Waals surface area contributed by atoms with Gasteiger partial charge in [0.15, 0.2) is 11.5 Å². The summed E-state index contributed by atoms with van der Waals surface area (Å²) in [5.74, 6) is 0.919. The number of hydrogen-bond donors (Lipinski definition) is 1. The quantitative estimate of drug-likeness (QED) is 0.508. The Bertz CT molecular complexity index is 1400. The Morgan fingerprint density at radius 3 is 2.86 bits per heavy atom. The van der Waals surface area contributed by atoms with Gasteiger partial charge in [-0.15, -0.1) is 11.3 Å². The second-order valence-electron chi connectivity index (χ2n) is 6.39. The lowest BCUT2D eigenvalue weighted by Crippen LogP contribution is -2.25. The van der Waals surface area contributed by atoms with Crippen molar-refractivity contribution in [2.75, 3.05) is 5.73 Å². The van der Waals surface area contributed by atoms with Gasteiger partial charge in [-0.05, 0) is 30.0 Å². The van der Waals surface area contributed by atoms with Crippen molar-refractivity contribution >= 4 is 38.5 Å². The molecule has 0 bridgehead atoms. The maximum absolute atomic E-state index is 13.3. The minimum Gasteiger partial charge on any atom is -0.382 e. The number of nitrogen functional groups attached to an aromatic ring is 1. The first-order chi connectivity index (χ1) is 13.6. The number of thiophene rings is 1. The Morgan fingerprint density at radius 1 is 1.14 bits per heavy atom. The molecule has 0 radical (unpaired) electrons. The molecular weight excluding hydrogens is 374 g/mol. The standard InChI is InChI=1S/C19H15N7OS/c1-11-4-2-3-5-13(11)26-14(24-12-6-7-28-16(12)19(26)27)8-25-10-23-15-17(20)21-9-22-18(15)25/h2-7,9-10H,8H2,1H3,(H2,20,21,22). The fraction of sp³-hybridized carbons (Fsp3) is 0.105. The largest absolute Gasteiger partial charge is 0.382 e. The molecule has 0 aliphatic heterocycles. The molecular formula is C19H15N7OS. The van der Waals surface area contributed by atoms with E-state index in [4.69, 9.17) is 10.7 Å². The van der Waals surface area contributed by atoms with E-state index in [1.54, 1.807) is 10.9 Å². The first-order valence-electron chi connectivity index (χ1n) is 8.60. The van der Waals surface area contributed by atoms with Gasteiger partial charge in [0.05, 0.1) is 24.1 Å². The zero-order valence-corrected chi connectivity index (χ0v) is 15.7. The lowest BCUT2D eigenvalue weighted by Gasteiger charge is -2.15. The van der Waals surface area contributed by atoms with Crippen LogP contribution in [0.1, 0.15) is 11.4 Å². The van der Waals surface area contributed by atoms with Crippen LogP contribution in [-0.2, 0) is 6.54 Å². The van der Waals surface area contributed by atoms with Crippen LogP contribution in [0.25, 0.3) is 27.1 Å². The number of nitrogens with two attached hydrogens (primary N) is 1. The van der Waals surface area contributed by atoms with Crippen molar-refractivity contribution in [3.63, 3.8) is 0 Å². The molecule has 9 heteroatoms. The molecule has 28 heavy (non-hydrogen) atoms. The maximum Gasteiger partial charge on any atom is 0.276 e. The molecule has 0 saturated heterocycles. The molecule has 0 saturated carbocycles. The lowest BCUT2D eigenvalue weighted by atomic mass is 10.2. The van der Waals surface area contributed by atoms with E-state index in [2.05, 4.69) is 15.0 Å². The second kappa shape index (κ2) is 6.24.